The zero-order valence-corrected chi connectivity index (χ0v) is 13.2. The fourth-order valence-electron chi connectivity index (χ4n) is 4.03. The van der Waals surface area contributed by atoms with Crippen LogP contribution in [0.4, 0.5) is 0 Å². The van der Waals surface area contributed by atoms with Crippen molar-refractivity contribution in [2.45, 2.75) is 51.1 Å². The van der Waals surface area contributed by atoms with Gasteiger partial charge in [0.1, 0.15) is 5.82 Å². The van der Waals surface area contributed by atoms with Gasteiger partial charge in [-0.05, 0) is 12.3 Å². The average molecular weight is 295 g/mol. The van der Waals surface area contributed by atoms with Crippen molar-refractivity contribution in [1.29, 1.82) is 0 Å². The van der Waals surface area contributed by atoms with Crippen LogP contribution in [0.3, 0.4) is 0 Å². The van der Waals surface area contributed by atoms with Gasteiger partial charge in [-0.25, -0.2) is 4.98 Å². The number of hydrogen-bond donors (Lipinski definition) is 1. The second kappa shape index (κ2) is 6.25. The molecule has 2 aliphatic rings. The van der Waals surface area contributed by atoms with Gasteiger partial charge in [-0.15, -0.1) is 0 Å². The highest BCUT2D eigenvalue weighted by Gasteiger charge is 2.26. The minimum atomic E-state index is 0.439. The molecule has 116 valence electrons. The molecule has 1 aromatic heterocycles. The molecule has 1 N–H and O–H groups in total. The molecule has 1 aliphatic carbocycles. The number of benzene rings is 1. The minimum absolute atomic E-state index is 0.439. The highest BCUT2D eigenvalue weighted by Crippen LogP contribution is 2.33. The number of nitrogens with one attached hydrogen (secondary N) is 1. The lowest BCUT2D eigenvalue weighted by molar-refractivity contribution is 0.278. The minimum Gasteiger partial charge on any atom is -0.332 e. The molecule has 0 amide bonds. The van der Waals surface area contributed by atoms with Crippen molar-refractivity contribution in [1.82, 2.24) is 14.9 Å². The Morgan fingerprint density at radius 1 is 1.09 bits per heavy atom. The SMILES string of the molecule is c1ccc(-c2cn3c(n2)[C@H](CC2CCCCC2)NCC3)cc1. The largest absolute Gasteiger partial charge is 0.332 e. The van der Waals surface area contributed by atoms with Crippen LogP contribution in [-0.2, 0) is 6.54 Å². The fraction of sp³-hybridized carbons (Fsp3) is 0.526. The molecule has 0 saturated heterocycles. The van der Waals surface area contributed by atoms with E-state index in [0.29, 0.717) is 6.04 Å². The van der Waals surface area contributed by atoms with Crippen molar-refractivity contribution in [3.05, 3.63) is 42.4 Å². The highest BCUT2D eigenvalue weighted by molar-refractivity contribution is 5.58. The van der Waals surface area contributed by atoms with E-state index in [4.69, 9.17) is 4.98 Å². The zero-order valence-electron chi connectivity index (χ0n) is 13.2. The Balaban J connectivity index is 1.56. The van der Waals surface area contributed by atoms with E-state index in [9.17, 15) is 0 Å². The van der Waals surface area contributed by atoms with Gasteiger partial charge in [-0.2, -0.15) is 0 Å². The highest BCUT2D eigenvalue weighted by atomic mass is 15.2. The van der Waals surface area contributed by atoms with E-state index in [1.165, 1.54) is 49.9 Å². The molecule has 1 aliphatic heterocycles. The third-order valence-electron chi connectivity index (χ3n) is 5.23. The van der Waals surface area contributed by atoms with Crippen LogP contribution in [-0.4, -0.2) is 16.1 Å². The number of fused-ring (bicyclic) bond motifs is 1. The van der Waals surface area contributed by atoms with Gasteiger partial charge in [0.15, 0.2) is 0 Å². The maximum Gasteiger partial charge on any atom is 0.126 e. The lowest BCUT2D eigenvalue weighted by atomic mass is 9.84. The number of imidazole rings is 1. The number of rotatable bonds is 3. The summed E-state index contributed by atoms with van der Waals surface area (Å²) in [6, 6.07) is 11.0. The smallest absolute Gasteiger partial charge is 0.126 e. The zero-order chi connectivity index (χ0) is 14.8. The molecule has 1 fully saturated rings. The molecule has 0 unspecified atom stereocenters. The van der Waals surface area contributed by atoms with Crippen molar-refractivity contribution in [2.75, 3.05) is 6.54 Å². The summed E-state index contributed by atoms with van der Waals surface area (Å²) < 4.78 is 2.37. The van der Waals surface area contributed by atoms with E-state index < -0.39 is 0 Å². The Kier molecular flexibility index (Phi) is 3.98. The van der Waals surface area contributed by atoms with Crippen LogP contribution >= 0.6 is 0 Å². The molecular formula is C19H25N3. The first-order chi connectivity index (χ1) is 10.9. The summed E-state index contributed by atoms with van der Waals surface area (Å²) in [4.78, 5) is 4.97. The van der Waals surface area contributed by atoms with Gasteiger partial charge in [0.25, 0.3) is 0 Å². The molecular weight excluding hydrogens is 270 g/mol. The van der Waals surface area contributed by atoms with Crippen LogP contribution in [0.2, 0.25) is 0 Å². The fourth-order valence-corrected chi connectivity index (χ4v) is 4.03. The maximum atomic E-state index is 4.97. The standard InChI is InChI=1S/C19H25N3/c1-3-7-15(8-4-1)13-17-19-21-18(14-22(19)12-11-20-17)16-9-5-2-6-10-16/h2,5-6,9-10,14-15,17,20H,1,3-4,7-8,11-13H2/t17-/m0/s1. The van der Waals surface area contributed by atoms with Crippen LogP contribution in [0.5, 0.6) is 0 Å². The van der Waals surface area contributed by atoms with Gasteiger partial charge in [0, 0.05) is 24.8 Å². The van der Waals surface area contributed by atoms with Crippen LogP contribution in [0, 0.1) is 5.92 Å². The summed E-state index contributed by atoms with van der Waals surface area (Å²) in [7, 11) is 0. The van der Waals surface area contributed by atoms with E-state index in [0.717, 1.165) is 24.7 Å². The normalized spacial score (nSPS) is 22.5. The number of hydrogen-bond acceptors (Lipinski definition) is 2. The predicted molar refractivity (Wildman–Crippen MR) is 89.6 cm³/mol. The Bertz CT molecular complexity index is 611. The summed E-state index contributed by atoms with van der Waals surface area (Å²) in [5.41, 5.74) is 2.34. The van der Waals surface area contributed by atoms with Gasteiger partial charge in [-0.3, -0.25) is 0 Å². The molecule has 22 heavy (non-hydrogen) atoms. The van der Waals surface area contributed by atoms with Gasteiger partial charge >= 0.3 is 0 Å². The summed E-state index contributed by atoms with van der Waals surface area (Å²) in [5.74, 6) is 2.13. The summed E-state index contributed by atoms with van der Waals surface area (Å²) in [5, 5.41) is 3.70. The molecule has 1 saturated carbocycles. The third kappa shape index (κ3) is 2.82. The van der Waals surface area contributed by atoms with Crippen molar-refractivity contribution < 1.29 is 0 Å². The monoisotopic (exact) mass is 295 g/mol. The second-order valence-corrected chi connectivity index (χ2v) is 6.79. The molecule has 1 atom stereocenters. The van der Waals surface area contributed by atoms with Crippen LogP contribution < -0.4 is 5.32 Å². The molecule has 3 nitrogen and oxygen atoms in total. The van der Waals surface area contributed by atoms with Gasteiger partial charge < -0.3 is 9.88 Å². The predicted octanol–water partition coefficient (Wildman–Crippen LogP) is 4.16. The Morgan fingerprint density at radius 3 is 2.73 bits per heavy atom. The molecule has 1 aromatic carbocycles. The lowest BCUT2D eigenvalue weighted by Gasteiger charge is -2.30. The topological polar surface area (TPSA) is 29.9 Å². The van der Waals surface area contributed by atoms with Gasteiger partial charge in [0.2, 0.25) is 0 Å². The van der Waals surface area contributed by atoms with E-state index >= 15 is 0 Å². The second-order valence-electron chi connectivity index (χ2n) is 6.79. The molecule has 0 spiro atoms. The molecule has 3 heteroatoms. The van der Waals surface area contributed by atoms with Crippen molar-refractivity contribution >= 4 is 0 Å². The van der Waals surface area contributed by atoms with Crippen LogP contribution in [0.1, 0.15) is 50.4 Å². The van der Waals surface area contributed by atoms with E-state index in [-0.39, 0.29) is 0 Å². The van der Waals surface area contributed by atoms with Crippen LogP contribution in [0.25, 0.3) is 11.3 Å². The average Bonchev–Trinajstić information content (AvgIpc) is 3.02. The first-order valence-corrected chi connectivity index (χ1v) is 8.76. The molecule has 0 bridgehead atoms. The van der Waals surface area contributed by atoms with Crippen molar-refractivity contribution in [3.63, 3.8) is 0 Å². The van der Waals surface area contributed by atoms with Crippen molar-refractivity contribution in [3.8, 4) is 11.3 Å². The van der Waals surface area contributed by atoms with Crippen molar-refractivity contribution in [2.24, 2.45) is 5.92 Å². The molecule has 0 radical (unpaired) electrons. The lowest BCUT2D eigenvalue weighted by Crippen LogP contribution is -2.34. The quantitative estimate of drug-likeness (QED) is 0.921. The molecule has 2 heterocycles. The first-order valence-electron chi connectivity index (χ1n) is 8.76. The summed E-state index contributed by atoms with van der Waals surface area (Å²) >= 11 is 0. The van der Waals surface area contributed by atoms with E-state index in [1.54, 1.807) is 0 Å². The third-order valence-corrected chi connectivity index (χ3v) is 5.23. The molecule has 4 rings (SSSR count). The Hall–Kier alpha value is -1.61. The Morgan fingerprint density at radius 2 is 1.91 bits per heavy atom. The van der Waals surface area contributed by atoms with E-state index in [1.807, 2.05) is 0 Å². The van der Waals surface area contributed by atoms with E-state index in [2.05, 4.69) is 46.4 Å². The van der Waals surface area contributed by atoms with Gasteiger partial charge in [-0.1, -0.05) is 62.4 Å². The van der Waals surface area contributed by atoms with Gasteiger partial charge in [0.05, 0.1) is 11.7 Å². The van der Waals surface area contributed by atoms with Crippen LogP contribution in [0.15, 0.2) is 36.5 Å². The summed E-state index contributed by atoms with van der Waals surface area (Å²) in [6.45, 7) is 2.10. The number of aromatic nitrogens is 2. The number of nitrogens with zero attached hydrogens (tertiary/aromatic N) is 2. The Labute approximate surface area is 132 Å². The molecule has 2 aromatic rings. The summed E-state index contributed by atoms with van der Waals surface area (Å²) in [6.07, 6.45) is 10.6. The maximum absolute atomic E-state index is 4.97. The first kappa shape index (κ1) is 14.0.